The fraction of sp³-hybridized carbons (Fsp3) is 0.786. The lowest BCUT2D eigenvalue weighted by Gasteiger charge is -2.34. The molecule has 2 aliphatic rings. The zero-order chi connectivity index (χ0) is 12.2. The molecule has 3 unspecified atom stereocenters. The lowest BCUT2D eigenvalue weighted by Crippen LogP contribution is -2.30. The third-order valence-electron chi connectivity index (χ3n) is 4.24. The summed E-state index contributed by atoms with van der Waals surface area (Å²) >= 11 is 1.97. The molecule has 0 amide bonds. The Morgan fingerprint density at radius 3 is 2.71 bits per heavy atom. The maximum atomic E-state index is 4.94. The summed E-state index contributed by atoms with van der Waals surface area (Å²) in [6.07, 6.45) is 3.73. The second kappa shape index (κ2) is 3.79. The van der Waals surface area contributed by atoms with E-state index in [2.05, 4.69) is 33.1 Å². The molecule has 0 aromatic carbocycles. The molecule has 1 saturated carbocycles. The van der Waals surface area contributed by atoms with E-state index in [9.17, 15) is 0 Å². The topological polar surface area (TPSA) is 24.9 Å². The van der Waals surface area contributed by atoms with Gasteiger partial charge in [-0.1, -0.05) is 20.8 Å². The molecule has 0 saturated heterocycles. The molecule has 1 aromatic heterocycles. The van der Waals surface area contributed by atoms with Crippen molar-refractivity contribution in [2.75, 3.05) is 7.05 Å². The van der Waals surface area contributed by atoms with Crippen molar-refractivity contribution in [3.05, 3.63) is 15.6 Å². The van der Waals surface area contributed by atoms with Gasteiger partial charge in [-0.15, -0.1) is 11.3 Å². The summed E-state index contributed by atoms with van der Waals surface area (Å²) in [5.74, 6) is 1.63. The third kappa shape index (κ3) is 2.04. The molecule has 0 bridgehead atoms. The Labute approximate surface area is 108 Å². The number of nitrogens with zero attached hydrogens (tertiary/aromatic N) is 1. The molecular weight excluding hydrogens is 228 g/mol. The first-order valence-corrected chi connectivity index (χ1v) is 7.48. The van der Waals surface area contributed by atoms with E-state index in [0.717, 1.165) is 18.3 Å². The van der Waals surface area contributed by atoms with Crippen LogP contribution in [0.4, 0.5) is 0 Å². The minimum absolute atomic E-state index is 0.390. The molecule has 0 aliphatic heterocycles. The first kappa shape index (κ1) is 11.7. The van der Waals surface area contributed by atoms with Crippen LogP contribution in [0.15, 0.2) is 0 Å². The molecule has 94 valence electrons. The first-order chi connectivity index (χ1) is 8.00. The van der Waals surface area contributed by atoms with Gasteiger partial charge in [0.25, 0.3) is 0 Å². The Hall–Kier alpha value is -0.410. The second-order valence-corrected chi connectivity index (χ2v) is 7.63. The highest BCUT2D eigenvalue weighted by atomic mass is 32.1. The van der Waals surface area contributed by atoms with Gasteiger partial charge in [-0.05, 0) is 37.6 Å². The Bertz CT molecular complexity index is 435. The van der Waals surface area contributed by atoms with Crippen LogP contribution in [0.1, 0.15) is 61.2 Å². The highest BCUT2D eigenvalue weighted by Crippen LogP contribution is 2.51. The van der Waals surface area contributed by atoms with Gasteiger partial charge in [-0.2, -0.15) is 0 Å². The van der Waals surface area contributed by atoms with Crippen molar-refractivity contribution in [3.63, 3.8) is 0 Å². The lowest BCUT2D eigenvalue weighted by atomic mass is 9.76. The van der Waals surface area contributed by atoms with Crippen LogP contribution in [0.2, 0.25) is 0 Å². The fourth-order valence-corrected chi connectivity index (χ4v) is 4.45. The van der Waals surface area contributed by atoms with Gasteiger partial charge < -0.3 is 5.32 Å². The molecule has 1 N–H and O–H groups in total. The normalized spacial score (nSPS) is 34.5. The van der Waals surface area contributed by atoms with Gasteiger partial charge in [-0.25, -0.2) is 4.98 Å². The highest BCUT2D eigenvalue weighted by molar-refractivity contribution is 7.12. The minimum atomic E-state index is 0.390. The largest absolute Gasteiger partial charge is 0.312 e. The molecule has 2 nitrogen and oxygen atoms in total. The molecule has 1 fully saturated rings. The monoisotopic (exact) mass is 250 g/mol. The third-order valence-corrected chi connectivity index (χ3v) is 5.58. The summed E-state index contributed by atoms with van der Waals surface area (Å²) in [4.78, 5) is 6.45. The first-order valence-electron chi connectivity index (χ1n) is 6.67. The summed E-state index contributed by atoms with van der Waals surface area (Å²) in [7, 11) is 2.08. The van der Waals surface area contributed by atoms with Crippen molar-refractivity contribution >= 4 is 11.3 Å². The molecule has 3 atom stereocenters. The summed E-state index contributed by atoms with van der Waals surface area (Å²) in [6.45, 7) is 7.06. The quantitative estimate of drug-likeness (QED) is 0.869. The molecular formula is C14H22N2S. The van der Waals surface area contributed by atoms with Crippen LogP contribution in [-0.4, -0.2) is 12.0 Å². The van der Waals surface area contributed by atoms with Crippen molar-refractivity contribution < 1.29 is 0 Å². The number of aromatic nitrogens is 1. The van der Waals surface area contributed by atoms with Gasteiger partial charge in [0.05, 0.1) is 10.7 Å². The van der Waals surface area contributed by atoms with Gasteiger partial charge in [0.15, 0.2) is 0 Å². The number of nitrogens with one attached hydrogen (secondary N) is 1. The number of hydrogen-bond donors (Lipinski definition) is 1. The Balaban J connectivity index is 1.94. The molecule has 3 heteroatoms. The van der Waals surface area contributed by atoms with Crippen molar-refractivity contribution in [1.82, 2.24) is 10.3 Å². The molecule has 1 aromatic rings. The summed E-state index contributed by atoms with van der Waals surface area (Å²) in [5, 5.41) is 4.87. The molecule has 17 heavy (non-hydrogen) atoms. The number of thiazole rings is 1. The Morgan fingerprint density at radius 2 is 2.12 bits per heavy atom. The molecule has 2 aliphatic carbocycles. The Morgan fingerprint density at radius 1 is 1.41 bits per heavy atom. The van der Waals surface area contributed by atoms with Crippen LogP contribution in [0.25, 0.3) is 0 Å². The van der Waals surface area contributed by atoms with Crippen molar-refractivity contribution in [3.8, 4) is 0 Å². The summed E-state index contributed by atoms with van der Waals surface area (Å²) in [6, 6.07) is 0.522. The fourth-order valence-electron chi connectivity index (χ4n) is 3.01. The lowest BCUT2D eigenvalue weighted by molar-refractivity contribution is 0.265. The number of fused-ring (bicyclic) bond motifs is 1. The van der Waals surface area contributed by atoms with E-state index in [0.29, 0.717) is 11.5 Å². The van der Waals surface area contributed by atoms with E-state index in [4.69, 9.17) is 4.98 Å². The summed E-state index contributed by atoms with van der Waals surface area (Å²) in [5.41, 5.74) is 1.76. The average molecular weight is 250 g/mol. The van der Waals surface area contributed by atoms with Crippen LogP contribution in [0.3, 0.4) is 0 Å². The van der Waals surface area contributed by atoms with E-state index in [1.54, 1.807) is 0 Å². The van der Waals surface area contributed by atoms with Crippen LogP contribution >= 0.6 is 11.3 Å². The Kier molecular flexibility index (Phi) is 2.60. The zero-order valence-electron chi connectivity index (χ0n) is 11.2. The number of hydrogen-bond acceptors (Lipinski definition) is 3. The highest BCUT2D eigenvalue weighted by Gasteiger charge is 2.40. The van der Waals surface area contributed by atoms with E-state index in [1.165, 1.54) is 28.4 Å². The zero-order valence-corrected chi connectivity index (χ0v) is 12.0. The van der Waals surface area contributed by atoms with E-state index < -0.39 is 0 Å². The van der Waals surface area contributed by atoms with E-state index >= 15 is 0 Å². The molecule has 1 heterocycles. The molecule has 0 spiro atoms. The van der Waals surface area contributed by atoms with Gasteiger partial charge >= 0.3 is 0 Å². The summed E-state index contributed by atoms with van der Waals surface area (Å²) < 4.78 is 0. The van der Waals surface area contributed by atoms with Crippen molar-refractivity contribution in [1.29, 1.82) is 0 Å². The van der Waals surface area contributed by atoms with Gasteiger partial charge in [0.2, 0.25) is 0 Å². The maximum absolute atomic E-state index is 4.94. The van der Waals surface area contributed by atoms with Gasteiger partial charge in [0.1, 0.15) is 0 Å². The average Bonchev–Trinajstić information content (AvgIpc) is 2.83. The van der Waals surface area contributed by atoms with E-state index in [1.807, 2.05) is 11.3 Å². The van der Waals surface area contributed by atoms with Crippen LogP contribution in [0, 0.1) is 11.3 Å². The molecule has 3 rings (SSSR count). The van der Waals surface area contributed by atoms with Crippen molar-refractivity contribution in [2.45, 2.75) is 52.0 Å². The standard InChI is InChI=1S/C14H22N2S/c1-8-5-9(8)13-16-11-7-14(2,3)6-10(15-4)12(11)17-13/h8-10,15H,5-7H2,1-4H3. The van der Waals surface area contributed by atoms with Gasteiger partial charge in [-0.3, -0.25) is 0 Å². The maximum Gasteiger partial charge on any atom is 0.0965 e. The number of rotatable bonds is 2. The second-order valence-electron chi connectivity index (χ2n) is 6.57. The molecule has 0 radical (unpaired) electrons. The van der Waals surface area contributed by atoms with Crippen LogP contribution in [0.5, 0.6) is 0 Å². The SMILES string of the molecule is CNC1CC(C)(C)Cc2nc(C3CC3C)sc21. The predicted molar refractivity (Wildman–Crippen MR) is 72.5 cm³/mol. The van der Waals surface area contributed by atoms with Crippen LogP contribution in [-0.2, 0) is 6.42 Å². The van der Waals surface area contributed by atoms with E-state index in [-0.39, 0.29) is 0 Å². The minimum Gasteiger partial charge on any atom is -0.312 e. The van der Waals surface area contributed by atoms with Crippen molar-refractivity contribution in [2.24, 2.45) is 11.3 Å². The predicted octanol–water partition coefficient (Wildman–Crippen LogP) is 3.50. The smallest absolute Gasteiger partial charge is 0.0965 e. The van der Waals surface area contributed by atoms with Gasteiger partial charge in [0, 0.05) is 16.8 Å². The van der Waals surface area contributed by atoms with Crippen LogP contribution < -0.4 is 5.32 Å².